The second-order valence-electron chi connectivity index (χ2n) is 5.44. The molecular formula is C13H18N2O3S. The highest BCUT2D eigenvalue weighted by Crippen LogP contribution is 2.42. The second kappa shape index (κ2) is 4.19. The summed E-state index contributed by atoms with van der Waals surface area (Å²) in [6.45, 7) is 1.26. The Kier molecular flexibility index (Phi) is 2.85. The Labute approximate surface area is 113 Å². The minimum Gasteiger partial charge on any atom is -0.389 e. The van der Waals surface area contributed by atoms with E-state index >= 15 is 0 Å². The SMILES string of the molecule is CN1CC[C@@]2(C1)[C@H](O)CN(c1ccccc1)S2(=O)=O. The first-order chi connectivity index (χ1) is 8.97. The zero-order chi connectivity index (χ0) is 13.7. The molecule has 3 rings (SSSR count). The number of para-hydroxylation sites is 1. The van der Waals surface area contributed by atoms with Crippen LogP contribution in [-0.2, 0) is 10.0 Å². The normalized spacial score (nSPS) is 34.2. The maximum Gasteiger partial charge on any atom is 0.244 e. The van der Waals surface area contributed by atoms with E-state index in [1.807, 2.05) is 30.1 Å². The molecule has 1 spiro atoms. The van der Waals surface area contributed by atoms with Crippen molar-refractivity contribution in [2.75, 3.05) is 31.0 Å². The van der Waals surface area contributed by atoms with E-state index in [0.717, 1.165) is 0 Å². The lowest BCUT2D eigenvalue weighted by Gasteiger charge is -2.26. The van der Waals surface area contributed by atoms with Crippen LogP contribution in [0, 0.1) is 0 Å². The van der Waals surface area contributed by atoms with Crippen molar-refractivity contribution >= 4 is 15.7 Å². The van der Waals surface area contributed by atoms with Crippen LogP contribution < -0.4 is 4.31 Å². The van der Waals surface area contributed by atoms with E-state index in [2.05, 4.69) is 0 Å². The fourth-order valence-electron chi connectivity index (χ4n) is 3.13. The highest BCUT2D eigenvalue weighted by Gasteiger charge is 2.61. The number of sulfonamides is 1. The van der Waals surface area contributed by atoms with Crippen LogP contribution in [0.4, 0.5) is 5.69 Å². The van der Waals surface area contributed by atoms with Crippen molar-refractivity contribution in [3.8, 4) is 0 Å². The van der Waals surface area contributed by atoms with Gasteiger partial charge in [-0.2, -0.15) is 0 Å². The van der Waals surface area contributed by atoms with Gasteiger partial charge in [-0.3, -0.25) is 4.31 Å². The zero-order valence-electron chi connectivity index (χ0n) is 10.9. The van der Waals surface area contributed by atoms with Crippen LogP contribution >= 0.6 is 0 Å². The number of rotatable bonds is 1. The maximum absolute atomic E-state index is 12.8. The predicted molar refractivity (Wildman–Crippen MR) is 73.6 cm³/mol. The van der Waals surface area contributed by atoms with Gasteiger partial charge < -0.3 is 10.0 Å². The Balaban J connectivity index is 2.04. The van der Waals surface area contributed by atoms with Crippen LogP contribution in [0.3, 0.4) is 0 Å². The van der Waals surface area contributed by atoms with Crippen molar-refractivity contribution in [2.24, 2.45) is 0 Å². The summed E-state index contributed by atoms with van der Waals surface area (Å²) in [7, 11) is -1.63. The molecule has 104 valence electrons. The third kappa shape index (κ3) is 1.70. The van der Waals surface area contributed by atoms with Gasteiger partial charge in [0.15, 0.2) is 0 Å². The first-order valence-electron chi connectivity index (χ1n) is 6.41. The molecule has 0 radical (unpaired) electrons. The molecule has 2 atom stereocenters. The first-order valence-corrected chi connectivity index (χ1v) is 7.85. The quantitative estimate of drug-likeness (QED) is 0.803. The number of hydrogen-bond donors (Lipinski definition) is 1. The van der Waals surface area contributed by atoms with Gasteiger partial charge in [-0.25, -0.2) is 8.42 Å². The molecule has 2 aliphatic heterocycles. The summed E-state index contributed by atoms with van der Waals surface area (Å²) >= 11 is 0. The van der Waals surface area contributed by atoms with E-state index in [1.165, 1.54) is 4.31 Å². The molecule has 0 unspecified atom stereocenters. The molecule has 6 heteroatoms. The number of benzene rings is 1. The number of aliphatic hydroxyl groups is 1. The van der Waals surface area contributed by atoms with Crippen molar-refractivity contribution in [3.63, 3.8) is 0 Å². The molecule has 0 saturated carbocycles. The molecule has 1 N–H and O–H groups in total. The lowest BCUT2D eigenvalue weighted by molar-refractivity contribution is 0.146. The third-order valence-electron chi connectivity index (χ3n) is 4.25. The summed E-state index contributed by atoms with van der Waals surface area (Å²) in [6.07, 6.45) is -0.335. The molecule has 2 heterocycles. The van der Waals surface area contributed by atoms with Gasteiger partial charge >= 0.3 is 0 Å². The zero-order valence-corrected chi connectivity index (χ0v) is 11.7. The molecule has 2 aliphatic rings. The Morgan fingerprint density at radius 1 is 1.32 bits per heavy atom. The van der Waals surface area contributed by atoms with Crippen LogP contribution in [0.2, 0.25) is 0 Å². The largest absolute Gasteiger partial charge is 0.389 e. The highest BCUT2D eigenvalue weighted by molar-refractivity contribution is 7.94. The summed E-state index contributed by atoms with van der Waals surface area (Å²) in [5, 5.41) is 10.3. The van der Waals surface area contributed by atoms with E-state index < -0.39 is 20.9 Å². The van der Waals surface area contributed by atoms with Crippen molar-refractivity contribution in [3.05, 3.63) is 30.3 Å². The standard InChI is InChI=1S/C13H18N2O3S/c1-14-8-7-13(10-14)12(16)9-15(19(13,17)18)11-5-3-2-4-6-11/h2-6,12,16H,7-10H2,1H3/t12-,13-/m1/s1. The van der Waals surface area contributed by atoms with Crippen molar-refractivity contribution in [1.29, 1.82) is 0 Å². The highest BCUT2D eigenvalue weighted by atomic mass is 32.2. The van der Waals surface area contributed by atoms with E-state index in [0.29, 0.717) is 25.2 Å². The molecule has 0 amide bonds. The van der Waals surface area contributed by atoms with Crippen molar-refractivity contribution in [2.45, 2.75) is 17.3 Å². The van der Waals surface area contributed by atoms with Gasteiger partial charge in [0.25, 0.3) is 0 Å². The van der Waals surface area contributed by atoms with Crippen LogP contribution in [0.15, 0.2) is 30.3 Å². The minimum absolute atomic E-state index is 0.153. The van der Waals surface area contributed by atoms with Gasteiger partial charge in [0.2, 0.25) is 10.0 Å². The lowest BCUT2D eigenvalue weighted by Crippen LogP contribution is -2.47. The molecule has 5 nitrogen and oxygen atoms in total. The number of hydrogen-bond acceptors (Lipinski definition) is 4. The van der Waals surface area contributed by atoms with Gasteiger partial charge in [0.05, 0.1) is 18.3 Å². The van der Waals surface area contributed by atoms with E-state index in [-0.39, 0.29) is 6.54 Å². The molecule has 2 saturated heterocycles. The second-order valence-corrected chi connectivity index (χ2v) is 7.64. The summed E-state index contributed by atoms with van der Waals surface area (Å²) < 4.78 is 26.0. The summed E-state index contributed by atoms with van der Waals surface area (Å²) in [4.78, 5) is 1.97. The molecule has 0 bridgehead atoms. The number of anilines is 1. The van der Waals surface area contributed by atoms with Crippen molar-refractivity contribution in [1.82, 2.24) is 4.90 Å². The number of β-amino-alcohol motifs (C(OH)–C–C–N with tert-alkyl or cyclic N) is 1. The molecule has 19 heavy (non-hydrogen) atoms. The maximum atomic E-state index is 12.8. The molecule has 0 aliphatic carbocycles. The third-order valence-corrected chi connectivity index (χ3v) is 6.82. The topological polar surface area (TPSA) is 60.9 Å². The van der Waals surface area contributed by atoms with Gasteiger partial charge in [0, 0.05) is 6.54 Å². The summed E-state index contributed by atoms with van der Waals surface area (Å²) in [6, 6.07) is 9.00. The minimum atomic E-state index is -3.52. The van der Waals surface area contributed by atoms with Gasteiger partial charge in [-0.05, 0) is 32.1 Å². The molecular weight excluding hydrogens is 264 g/mol. The van der Waals surface area contributed by atoms with E-state index in [4.69, 9.17) is 0 Å². The van der Waals surface area contributed by atoms with Crippen molar-refractivity contribution < 1.29 is 13.5 Å². The summed E-state index contributed by atoms with van der Waals surface area (Å²) in [5.41, 5.74) is 0.632. The Hall–Kier alpha value is -1.11. The molecule has 1 aromatic carbocycles. The van der Waals surface area contributed by atoms with Gasteiger partial charge in [-0.1, -0.05) is 18.2 Å². The number of nitrogens with zero attached hydrogens (tertiary/aromatic N) is 2. The predicted octanol–water partition coefficient (Wildman–Crippen LogP) is 0.272. The first kappa shape index (κ1) is 12.9. The van der Waals surface area contributed by atoms with Crippen LogP contribution in [0.25, 0.3) is 0 Å². The monoisotopic (exact) mass is 282 g/mol. The van der Waals surface area contributed by atoms with Crippen LogP contribution in [0.1, 0.15) is 6.42 Å². The number of likely N-dealkylation sites (tertiary alicyclic amines) is 1. The lowest BCUT2D eigenvalue weighted by atomic mass is 10.0. The Morgan fingerprint density at radius 2 is 2.00 bits per heavy atom. The number of aliphatic hydroxyl groups excluding tert-OH is 1. The Morgan fingerprint density at radius 3 is 2.58 bits per heavy atom. The average molecular weight is 282 g/mol. The smallest absolute Gasteiger partial charge is 0.244 e. The molecule has 0 aromatic heterocycles. The van der Waals surface area contributed by atoms with Gasteiger partial charge in [-0.15, -0.1) is 0 Å². The fraction of sp³-hybridized carbons (Fsp3) is 0.538. The van der Waals surface area contributed by atoms with Crippen LogP contribution in [-0.4, -0.2) is 56.0 Å². The average Bonchev–Trinajstić information content (AvgIpc) is 2.87. The van der Waals surface area contributed by atoms with E-state index in [1.54, 1.807) is 12.1 Å². The van der Waals surface area contributed by atoms with Gasteiger partial charge in [0.1, 0.15) is 4.75 Å². The molecule has 2 fully saturated rings. The van der Waals surface area contributed by atoms with E-state index in [9.17, 15) is 13.5 Å². The summed E-state index contributed by atoms with van der Waals surface area (Å²) in [5.74, 6) is 0. The Bertz CT molecular complexity index is 575. The molecule has 1 aromatic rings. The fourth-order valence-corrected chi connectivity index (χ4v) is 5.46. The van der Waals surface area contributed by atoms with Crippen LogP contribution in [0.5, 0.6) is 0 Å².